The molecule has 29 heavy (non-hydrogen) atoms. The Kier molecular flexibility index (Phi) is 6.40. The summed E-state index contributed by atoms with van der Waals surface area (Å²) in [6, 6.07) is 6.32. The zero-order valence-corrected chi connectivity index (χ0v) is 15.6. The standard InChI is InChI=1S/C19H20N4O6/c1-19(2,15-3-11(7-20-26)17(24)12(4-15)8-21-27)16-5-13(9-22-28)18(25)14(6-16)10-23-29/h3-10,24-29H,1-2H3/b20-7-,21-8-,22-9-,23-10-. The molecule has 0 aromatic heterocycles. The molecule has 0 radical (unpaired) electrons. The fraction of sp³-hybridized carbons (Fsp3) is 0.158. The molecule has 0 bridgehead atoms. The van der Waals surface area contributed by atoms with E-state index in [1.165, 1.54) is 0 Å². The molecule has 0 aliphatic rings. The van der Waals surface area contributed by atoms with E-state index in [9.17, 15) is 10.2 Å². The Hall–Kier alpha value is -4.08. The van der Waals surface area contributed by atoms with Crippen LogP contribution in [0.1, 0.15) is 47.2 Å². The van der Waals surface area contributed by atoms with Gasteiger partial charge in [0.1, 0.15) is 11.5 Å². The first-order valence-electron chi connectivity index (χ1n) is 8.24. The Bertz CT molecular complexity index is 866. The van der Waals surface area contributed by atoms with Crippen molar-refractivity contribution in [2.24, 2.45) is 20.6 Å². The predicted molar refractivity (Wildman–Crippen MR) is 106 cm³/mol. The molecular weight excluding hydrogens is 380 g/mol. The molecule has 6 N–H and O–H groups in total. The zero-order valence-electron chi connectivity index (χ0n) is 15.6. The second-order valence-corrected chi connectivity index (χ2v) is 6.61. The monoisotopic (exact) mass is 400 g/mol. The van der Waals surface area contributed by atoms with Crippen molar-refractivity contribution in [2.45, 2.75) is 19.3 Å². The maximum atomic E-state index is 10.2. The van der Waals surface area contributed by atoms with Crippen molar-refractivity contribution < 1.29 is 31.0 Å². The first-order valence-corrected chi connectivity index (χ1v) is 8.24. The van der Waals surface area contributed by atoms with Crippen LogP contribution in [0.25, 0.3) is 0 Å². The topological polar surface area (TPSA) is 171 Å². The summed E-state index contributed by atoms with van der Waals surface area (Å²) in [5.74, 6) is -0.487. The number of nitrogens with zero attached hydrogens (tertiary/aromatic N) is 4. The van der Waals surface area contributed by atoms with Crippen LogP contribution in [0.15, 0.2) is 44.9 Å². The van der Waals surface area contributed by atoms with Crippen molar-refractivity contribution >= 4 is 24.9 Å². The third kappa shape index (κ3) is 4.26. The molecule has 10 nitrogen and oxygen atoms in total. The quantitative estimate of drug-likeness (QED) is 0.247. The van der Waals surface area contributed by atoms with Gasteiger partial charge in [0.25, 0.3) is 0 Å². The number of oxime groups is 4. The summed E-state index contributed by atoms with van der Waals surface area (Å²) in [6.45, 7) is 3.68. The zero-order chi connectivity index (χ0) is 21.6. The van der Waals surface area contributed by atoms with E-state index in [0.29, 0.717) is 11.1 Å². The number of hydrogen-bond acceptors (Lipinski definition) is 10. The minimum atomic E-state index is -0.770. The summed E-state index contributed by atoms with van der Waals surface area (Å²) in [5, 5.41) is 67.7. The normalized spacial score (nSPS) is 12.8. The maximum absolute atomic E-state index is 10.2. The Morgan fingerprint density at radius 2 is 0.828 bits per heavy atom. The van der Waals surface area contributed by atoms with E-state index < -0.39 is 5.41 Å². The van der Waals surface area contributed by atoms with Crippen LogP contribution in [0.3, 0.4) is 0 Å². The van der Waals surface area contributed by atoms with Gasteiger partial charge in [0, 0.05) is 27.7 Å². The number of aromatic hydroxyl groups is 2. The molecule has 0 aliphatic heterocycles. The minimum absolute atomic E-state index is 0.182. The smallest absolute Gasteiger partial charge is 0.133 e. The van der Waals surface area contributed by atoms with E-state index in [2.05, 4.69) is 20.6 Å². The van der Waals surface area contributed by atoms with Gasteiger partial charge in [-0.15, -0.1) is 0 Å². The van der Waals surface area contributed by atoms with Gasteiger partial charge in [0.05, 0.1) is 24.9 Å². The van der Waals surface area contributed by atoms with E-state index in [0.717, 1.165) is 24.9 Å². The summed E-state index contributed by atoms with van der Waals surface area (Å²) < 4.78 is 0. The Labute approximate surface area is 165 Å². The third-order valence-electron chi connectivity index (χ3n) is 4.57. The highest BCUT2D eigenvalue weighted by molar-refractivity contribution is 5.93. The van der Waals surface area contributed by atoms with E-state index in [4.69, 9.17) is 20.8 Å². The molecule has 2 aromatic carbocycles. The largest absolute Gasteiger partial charge is 0.507 e. The van der Waals surface area contributed by atoms with Crippen molar-refractivity contribution in [3.05, 3.63) is 57.6 Å². The Balaban J connectivity index is 2.78. The highest BCUT2D eigenvalue weighted by Crippen LogP contribution is 2.37. The number of rotatable bonds is 6. The molecular formula is C19H20N4O6. The second-order valence-electron chi connectivity index (χ2n) is 6.61. The van der Waals surface area contributed by atoms with Crippen LogP contribution in [0, 0.1) is 0 Å². The number of benzene rings is 2. The molecule has 0 heterocycles. The molecule has 0 saturated heterocycles. The summed E-state index contributed by atoms with van der Waals surface area (Å²) in [4.78, 5) is 0. The number of phenols is 2. The summed E-state index contributed by atoms with van der Waals surface area (Å²) in [5.41, 5.74) is 1.21. The van der Waals surface area contributed by atoms with E-state index >= 15 is 0 Å². The second kappa shape index (κ2) is 8.74. The van der Waals surface area contributed by atoms with E-state index in [1.807, 2.05) is 13.8 Å². The molecule has 0 saturated carbocycles. The van der Waals surface area contributed by atoms with Crippen molar-refractivity contribution in [2.75, 3.05) is 0 Å². The van der Waals surface area contributed by atoms with Crippen molar-refractivity contribution in [1.29, 1.82) is 0 Å². The predicted octanol–water partition coefficient (Wildman–Crippen LogP) is 2.66. The molecule has 0 atom stereocenters. The van der Waals surface area contributed by atoms with E-state index in [-0.39, 0.29) is 33.8 Å². The molecule has 0 amide bonds. The van der Waals surface area contributed by atoms with Crippen LogP contribution in [0.5, 0.6) is 11.5 Å². The van der Waals surface area contributed by atoms with Crippen LogP contribution >= 0.6 is 0 Å². The average molecular weight is 400 g/mol. The molecule has 0 fully saturated rings. The number of phenolic OH excluding ortho intramolecular Hbond substituents is 2. The SMILES string of the molecule is CC(C)(c1cc(/C=N\O)c(O)c(/C=N\O)c1)c1cc(/C=N\O)c(O)c(/C=N\O)c1. The van der Waals surface area contributed by atoms with Gasteiger partial charge < -0.3 is 31.0 Å². The summed E-state index contributed by atoms with van der Waals surface area (Å²) >= 11 is 0. The molecule has 2 aromatic rings. The lowest BCUT2D eigenvalue weighted by Gasteiger charge is -2.28. The molecule has 0 aliphatic carbocycles. The average Bonchev–Trinajstić information content (AvgIpc) is 2.68. The minimum Gasteiger partial charge on any atom is -0.507 e. The maximum Gasteiger partial charge on any atom is 0.133 e. The van der Waals surface area contributed by atoms with Crippen LogP contribution in [-0.2, 0) is 5.41 Å². The first-order chi connectivity index (χ1) is 13.8. The van der Waals surface area contributed by atoms with Gasteiger partial charge >= 0.3 is 0 Å². The Morgan fingerprint density at radius 1 is 0.586 bits per heavy atom. The van der Waals surface area contributed by atoms with Gasteiger partial charge in [-0.1, -0.05) is 34.5 Å². The lowest BCUT2D eigenvalue weighted by atomic mass is 9.76. The van der Waals surface area contributed by atoms with Gasteiger partial charge in [-0.05, 0) is 35.4 Å². The van der Waals surface area contributed by atoms with Crippen LogP contribution in [-0.4, -0.2) is 55.9 Å². The highest BCUT2D eigenvalue weighted by atomic mass is 16.4. The van der Waals surface area contributed by atoms with E-state index in [1.54, 1.807) is 24.3 Å². The highest BCUT2D eigenvalue weighted by Gasteiger charge is 2.27. The molecule has 152 valence electrons. The van der Waals surface area contributed by atoms with Gasteiger partial charge in [-0.25, -0.2) is 0 Å². The van der Waals surface area contributed by atoms with Crippen LogP contribution < -0.4 is 0 Å². The van der Waals surface area contributed by atoms with Crippen molar-refractivity contribution in [1.82, 2.24) is 0 Å². The first kappa shape index (κ1) is 21.2. The fourth-order valence-corrected chi connectivity index (χ4v) is 2.89. The lowest BCUT2D eigenvalue weighted by Crippen LogP contribution is -2.20. The van der Waals surface area contributed by atoms with Gasteiger partial charge in [-0.3, -0.25) is 0 Å². The summed E-state index contributed by atoms with van der Waals surface area (Å²) in [6.07, 6.45) is 4.14. The lowest BCUT2D eigenvalue weighted by molar-refractivity contribution is 0.321. The van der Waals surface area contributed by atoms with Gasteiger partial charge in [-0.2, -0.15) is 0 Å². The molecule has 0 spiro atoms. The molecule has 2 rings (SSSR count). The van der Waals surface area contributed by atoms with Gasteiger partial charge in [0.15, 0.2) is 0 Å². The number of hydrogen-bond donors (Lipinski definition) is 6. The molecule has 10 heteroatoms. The fourth-order valence-electron chi connectivity index (χ4n) is 2.89. The van der Waals surface area contributed by atoms with Crippen LogP contribution in [0.2, 0.25) is 0 Å². The van der Waals surface area contributed by atoms with Crippen molar-refractivity contribution in [3.8, 4) is 11.5 Å². The molecule has 0 unspecified atom stereocenters. The van der Waals surface area contributed by atoms with Gasteiger partial charge in [0.2, 0.25) is 0 Å². The summed E-state index contributed by atoms with van der Waals surface area (Å²) in [7, 11) is 0. The third-order valence-corrected chi connectivity index (χ3v) is 4.57. The van der Waals surface area contributed by atoms with Crippen LogP contribution in [0.4, 0.5) is 0 Å². The van der Waals surface area contributed by atoms with Crippen molar-refractivity contribution in [3.63, 3.8) is 0 Å². The Morgan fingerprint density at radius 3 is 1.03 bits per heavy atom.